The summed E-state index contributed by atoms with van der Waals surface area (Å²) in [4.78, 5) is 29.1. The third-order valence-electron chi connectivity index (χ3n) is 10.4. The summed E-state index contributed by atoms with van der Waals surface area (Å²) in [6.45, 7) is 7.05. The van der Waals surface area contributed by atoms with Crippen LogP contribution in [0.15, 0.2) is 23.3 Å². The molecule has 4 aliphatic carbocycles. The van der Waals surface area contributed by atoms with Crippen molar-refractivity contribution in [2.24, 2.45) is 34.5 Å². The molecule has 1 unspecified atom stereocenters. The molecule has 9 atom stereocenters. The number of carbonyl (C=O) groups excluding carboxylic acids is 2. The Balaban J connectivity index is 1.46. The predicted molar refractivity (Wildman–Crippen MR) is 134 cm³/mol. The highest BCUT2D eigenvalue weighted by atomic mass is 19.4. The Morgan fingerprint density at radius 1 is 1.31 bits per heavy atom. The Kier molecular flexibility index (Phi) is 6.81. The molecule has 1 spiro atoms. The summed E-state index contributed by atoms with van der Waals surface area (Å²) in [7, 11) is 0. The molecule has 2 saturated carbocycles. The number of amides is 1. The van der Waals surface area contributed by atoms with Crippen molar-refractivity contribution < 1.29 is 42.8 Å². The quantitative estimate of drug-likeness (QED) is 0.385. The van der Waals surface area contributed by atoms with Gasteiger partial charge in [-0.1, -0.05) is 32.9 Å². The molecule has 39 heavy (non-hydrogen) atoms. The fourth-order valence-electron chi connectivity index (χ4n) is 8.34. The minimum absolute atomic E-state index is 0.00589. The second-order valence-electron chi connectivity index (χ2n) is 12.8. The first-order chi connectivity index (χ1) is 18.1. The van der Waals surface area contributed by atoms with E-state index in [4.69, 9.17) is 4.74 Å². The Bertz CT molecular complexity index is 1110. The molecule has 1 aliphatic heterocycles. The van der Waals surface area contributed by atoms with Gasteiger partial charge < -0.3 is 20.1 Å². The highest BCUT2D eigenvalue weighted by Crippen LogP contribution is 2.71. The number of rotatable bonds is 5. The maximum absolute atomic E-state index is 14.4. The van der Waals surface area contributed by atoms with E-state index in [-0.39, 0.29) is 41.7 Å². The van der Waals surface area contributed by atoms with Crippen LogP contribution < -0.4 is 5.32 Å². The van der Waals surface area contributed by atoms with Crippen LogP contribution in [0.2, 0.25) is 0 Å². The smallest absolute Gasteiger partial charge is 0.411 e. The zero-order valence-electron chi connectivity index (χ0n) is 22.8. The number of fused-ring (bicyclic) bond motifs is 3. The predicted octanol–water partition coefficient (Wildman–Crippen LogP) is 2.92. The number of carbonyl (C=O) groups is 2. The number of hydrogen-bond donors (Lipinski definition) is 4. The molecule has 1 saturated heterocycles. The Morgan fingerprint density at radius 3 is 2.64 bits per heavy atom. The van der Waals surface area contributed by atoms with Gasteiger partial charge in [-0.2, -0.15) is 13.2 Å². The van der Waals surface area contributed by atoms with Crippen LogP contribution in [0, 0.1) is 34.5 Å². The monoisotopic (exact) mass is 556 g/mol. The van der Waals surface area contributed by atoms with Crippen LogP contribution in [0.5, 0.6) is 0 Å². The second-order valence-corrected chi connectivity index (χ2v) is 12.8. The lowest BCUT2D eigenvalue weighted by atomic mass is 9.59. The molecule has 1 heterocycles. The van der Waals surface area contributed by atoms with Crippen molar-refractivity contribution in [1.82, 2.24) is 10.2 Å². The third-order valence-corrected chi connectivity index (χ3v) is 10.4. The fraction of sp³-hybridized carbons (Fsp3) is 0.786. The number of likely N-dealkylation sites (tertiary alicyclic amines) is 1. The number of aliphatic hydroxyl groups excluding tert-OH is 2. The van der Waals surface area contributed by atoms with E-state index in [9.17, 15) is 38.1 Å². The third kappa shape index (κ3) is 4.09. The number of nitrogens with one attached hydrogen (secondary N) is 1. The molecule has 218 valence electrons. The van der Waals surface area contributed by atoms with E-state index in [0.717, 1.165) is 0 Å². The average Bonchev–Trinajstić information content (AvgIpc) is 3.13. The Morgan fingerprint density at radius 2 is 2.00 bits per heavy atom. The van der Waals surface area contributed by atoms with Crippen molar-refractivity contribution >= 4 is 11.9 Å². The van der Waals surface area contributed by atoms with E-state index >= 15 is 0 Å². The summed E-state index contributed by atoms with van der Waals surface area (Å²) in [5, 5.41) is 37.0. The molecule has 4 N–H and O–H groups in total. The van der Waals surface area contributed by atoms with E-state index in [1.165, 1.54) is 4.90 Å². The lowest BCUT2D eigenvalue weighted by Gasteiger charge is -2.49. The molecule has 8 nitrogen and oxygen atoms in total. The first-order valence-corrected chi connectivity index (χ1v) is 13.8. The van der Waals surface area contributed by atoms with Crippen molar-refractivity contribution in [2.45, 2.75) is 83.5 Å². The maximum atomic E-state index is 14.4. The zero-order chi connectivity index (χ0) is 28.7. The van der Waals surface area contributed by atoms with Gasteiger partial charge in [0.05, 0.1) is 24.6 Å². The minimum Gasteiger partial charge on any atom is -0.438 e. The van der Waals surface area contributed by atoms with Crippen molar-refractivity contribution in [2.75, 3.05) is 19.7 Å². The molecule has 3 fully saturated rings. The van der Waals surface area contributed by atoms with E-state index in [2.05, 4.69) is 19.2 Å². The van der Waals surface area contributed by atoms with Gasteiger partial charge in [-0.3, -0.25) is 15.0 Å². The number of allylic oxidation sites excluding steroid dienone is 1. The van der Waals surface area contributed by atoms with E-state index < -0.39 is 66.5 Å². The number of ether oxygens (including phenoxy) is 1. The van der Waals surface area contributed by atoms with Crippen LogP contribution >= 0.6 is 0 Å². The van der Waals surface area contributed by atoms with Gasteiger partial charge in [-0.05, 0) is 60.5 Å². The number of Topliss-reactive ketones (excluding diaryl/α,β-unsaturated/α-hetero) is 1. The standard InChI is InChI=1S/C28H39F3N2O6/c1-14-12-26-15(2)10-18-20(25(18,3)4)17(22(26)36)11-16(13-34)21(35)28(26,38)23(14)39-24(37)33-9-5-6-19(33)32-8-7-27(29,30)31/h11-12,15,17-21,23,32,34-35,38H,5-10,13H2,1-4H3/t15-,17+,18-,19?,20+,21-,23+,26+,28+/m1/s1. The summed E-state index contributed by atoms with van der Waals surface area (Å²) in [5.41, 5.74) is -3.37. The maximum Gasteiger partial charge on any atom is 0.411 e. The molecular weight excluding hydrogens is 517 g/mol. The molecule has 0 aromatic rings. The van der Waals surface area contributed by atoms with Gasteiger partial charge in [0.15, 0.2) is 17.5 Å². The molecule has 0 aromatic heterocycles. The van der Waals surface area contributed by atoms with E-state index in [0.29, 0.717) is 24.8 Å². The lowest BCUT2D eigenvalue weighted by Crippen LogP contribution is -2.66. The highest BCUT2D eigenvalue weighted by molar-refractivity contribution is 5.95. The van der Waals surface area contributed by atoms with Gasteiger partial charge in [-0.25, -0.2) is 4.79 Å². The van der Waals surface area contributed by atoms with E-state index in [1.807, 2.05) is 6.92 Å². The average molecular weight is 557 g/mol. The molecule has 0 radical (unpaired) electrons. The van der Waals surface area contributed by atoms with Crippen LogP contribution in [0.25, 0.3) is 0 Å². The first kappa shape index (κ1) is 28.6. The summed E-state index contributed by atoms with van der Waals surface area (Å²) >= 11 is 0. The minimum atomic E-state index is -4.33. The molecule has 11 heteroatoms. The number of ketones is 1. The van der Waals surface area contributed by atoms with Gasteiger partial charge in [-0.15, -0.1) is 0 Å². The van der Waals surface area contributed by atoms with Gasteiger partial charge in [0.25, 0.3) is 0 Å². The molecule has 0 aromatic carbocycles. The van der Waals surface area contributed by atoms with Crippen LogP contribution in [0.1, 0.15) is 53.4 Å². The second kappa shape index (κ2) is 9.29. The van der Waals surface area contributed by atoms with Crippen LogP contribution in [-0.4, -0.2) is 81.9 Å². The van der Waals surface area contributed by atoms with Gasteiger partial charge in [0.2, 0.25) is 0 Å². The van der Waals surface area contributed by atoms with Crippen LogP contribution in [-0.2, 0) is 9.53 Å². The van der Waals surface area contributed by atoms with Gasteiger partial charge in [0.1, 0.15) is 6.10 Å². The SMILES string of the molecule is CC1=C[C@]23C(=O)[C@@H](C=C(CO)[C@@H](O)[C@]2(O)[C@H]1OC(=O)N1CCCC1NCCC(F)(F)F)[C@H]1[C@@H](C[C@H]3C)C1(C)C. The Hall–Kier alpha value is -1.95. The molecule has 2 bridgehead atoms. The summed E-state index contributed by atoms with van der Waals surface area (Å²) in [5.74, 6) is -1.02. The molecule has 1 amide bonds. The summed E-state index contributed by atoms with van der Waals surface area (Å²) < 4.78 is 43.8. The number of nitrogens with zero attached hydrogens (tertiary/aromatic N) is 1. The number of hydrogen-bond acceptors (Lipinski definition) is 7. The first-order valence-electron chi connectivity index (χ1n) is 13.8. The van der Waals surface area contributed by atoms with Gasteiger partial charge in [0, 0.05) is 19.0 Å². The fourth-order valence-corrected chi connectivity index (χ4v) is 8.34. The molecular formula is C28H39F3N2O6. The molecule has 5 rings (SSSR count). The van der Waals surface area contributed by atoms with Crippen molar-refractivity contribution in [1.29, 1.82) is 0 Å². The van der Waals surface area contributed by atoms with Crippen molar-refractivity contribution in [3.63, 3.8) is 0 Å². The van der Waals surface area contributed by atoms with Crippen molar-refractivity contribution in [3.05, 3.63) is 23.3 Å². The van der Waals surface area contributed by atoms with Crippen LogP contribution in [0.4, 0.5) is 18.0 Å². The topological polar surface area (TPSA) is 119 Å². The number of aliphatic hydroxyl groups is 3. The lowest BCUT2D eigenvalue weighted by molar-refractivity contribution is -0.191. The van der Waals surface area contributed by atoms with Crippen molar-refractivity contribution in [3.8, 4) is 0 Å². The largest absolute Gasteiger partial charge is 0.438 e. The Labute approximate surface area is 226 Å². The van der Waals surface area contributed by atoms with Gasteiger partial charge >= 0.3 is 12.3 Å². The highest BCUT2D eigenvalue weighted by Gasteiger charge is 2.76. The van der Waals surface area contributed by atoms with E-state index in [1.54, 1.807) is 19.1 Å². The number of alkyl halides is 3. The summed E-state index contributed by atoms with van der Waals surface area (Å²) in [6, 6.07) is 0. The summed E-state index contributed by atoms with van der Waals surface area (Å²) in [6.07, 6.45) is -5.05. The normalized spacial score (nSPS) is 42.7. The molecule has 5 aliphatic rings. The zero-order valence-corrected chi connectivity index (χ0v) is 22.8. The van der Waals surface area contributed by atoms with Crippen LogP contribution in [0.3, 0.4) is 0 Å². The number of halogens is 3.